The van der Waals surface area contributed by atoms with Gasteiger partial charge in [0.15, 0.2) is 5.96 Å². The molecule has 0 spiro atoms. The van der Waals surface area contributed by atoms with Crippen LogP contribution in [0.2, 0.25) is 5.02 Å². The van der Waals surface area contributed by atoms with Crippen LogP contribution in [0.4, 0.5) is 14.5 Å². The molecule has 0 aliphatic carbocycles. The van der Waals surface area contributed by atoms with Crippen molar-refractivity contribution in [2.75, 3.05) is 44.2 Å². The number of aliphatic hydroxyl groups is 1. The number of alkyl halides is 2. The second-order valence-corrected chi connectivity index (χ2v) is 5.58. The summed E-state index contributed by atoms with van der Waals surface area (Å²) in [7, 11) is 0. The fraction of sp³-hybridized carbons (Fsp3) is 0.500. The van der Waals surface area contributed by atoms with E-state index in [-0.39, 0.29) is 5.96 Å². The van der Waals surface area contributed by atoms with Crippen LogP contribution in [0.3, 0.4) is 0 Å². The van der Waals surface area contributed by atoms with E-state index in [9.17, 15) is 8.78 Å². The zero-order chi connectivity index (χ0) is 16.2. The number of aliphatic hydroxyl groups excluding tert-OH is 1. The first kappa shape index (κ1) is 16.8. The highest BCUT2D eigenvalue weighted by Crippen LogP contribution is 2.19. The number of nitrogens with two attached hydrogens (primary N) is 1. The number of piperazine rings is 1. The van der Waals surface area contributed by atoms with Crippen LogP contribution in [-0.4, -0.2) is 61.2 Å². The van der Waals surface area contributed by atoms with Gasteiger partial charge in [0.2, 0.25) is 0 Å². The summed E-state index contributed by atoms with van der Waals surface area (Å²) in [5.41, 5.74) is 6.80. The number of guanidine groups is 1. The molecule has 0 saturated carbocycles. The number of nitrogens with zero attached hydrogens (tertiary/aromatic N) is 3. The molecule has 1 aliphatic heterocycles. The molecule has 8 heteroatoms. The fourth-order valence-corrected chi connectivity index (χ4v) is 2.32. The third kappa shape index (κ3) is 4.45. The van der Waals surface area contributed by atoms with Crippen LogP contribution in [0.25, 0.3) is 0 Å². The minimum absolute atomic E-state index is 0.0869. The molecule has 0 atom stereocenters. The molecule has 1 saturated heterocycles. The van der Waals surface area contributed by atoms with E-state index in [0.29, 0.717) is 31.2 Å². The molecule has 0 amide bonds. The van der Waals surface area contributed by atoms with Crippen molar-refractivity contribution in [1.82, 2.24) is 4.90 Å². The molecule has 2 rings (SSSR count). The largest absolute Gasteiger partial charge is 0.390 e. The first-order valence-corrected chi connectivity index (χ1v) is 7.33. The summed E-state index contributed by atoms with van der Waals surface area (Å²) >= 11 is 5.86. The molecule has 3 N–H and O–H groups in total. The Morgan fingerprint density at radius 1 is 1.23 bits per heavy atom. The van der Waals surface area contributed by atoms with Crippen LogP contribution >= 0.6 is 11.6 Å². The Labute approximate surface area is 133 Å². The van der Waals surface area contributed by atoms with Gasteiger partial charge >= 0.3 is 0 Å². The molecular weight excluding hydrogens is 314 g/mol. The SMILES string of the molecule is NC(=NCC(F)(F)CO)N1CCN(c2ccc(Cl)cc2)CC1. The smallest absolute Gasteiger partial charge is 0.289 e. The van der Waals surface area contributed by atoms with Gasteiger partial charge in [-0.25, -0.2) is 13.8 Å². The Hall–Kier alpha value is -1.60. The van der Waals surface area contributed by atoms with Crippen molar-refractivity contribution in [2.45, 2.75) is 5.92 Å². The van der Waals surface area contributed by atoms with Crippen molar-refractivity contribution in [3.8, 4) is 0 Å². The second-order valence-electron chi connectivity index (χ2n) is 5.14. The molecular formula is C14H19ClF2N4O. The highest BCUT2D eigenvalue weighted by atomic mass is 35.5. The van der Waals surface area contributed by atoms with Gasteiger partial charge in [-0.15, -0.1) is 0 Å². The maximum atomic E-state index is 12.9. The van der Waals surface area contributed by atoms with Gasteiger partial charge in [-0.1, -0.05) is 11.6 Å². The Balaban J connectivity index is 1.88. The molecule has 1 fully saturated rings. The van der Waals surface area contributed by atoms with Gasteiger partial charge in [0, 0.05) is 36.9 Å². The Kier molecular flexibility index (Phi) is 5.42. The average molecular weight is 333 g/mol. The molecule has 0 radical (unpaired) electrons. The van der Waals surface area contributed by atoms with E-state index in [1.807, 2.05) is 24.3 Å². The summed E-state index contributed by atoms with van der Waals surface area (Å²) in [6.07, 6.45) is 0. The van der Waals surface area contributed by atoms with E-state index in [4.69, 9.17) is 22.4 Å². The summed E-state index contributed by atoms with van der Waals surface area (Å²) in [6, 6.07) is 7.54. The van der Waals surface area contributed by atoms with Gasteiger partial charge in [0.25, 0.3) is 5.92 Å². The monoisotopic (exact) mass is 332 g/mol. The van der Waals surface area contributed by atoms with Crippen molar-refractivity contribution < 1.29 is 13.9 Å². The molecule has 1 aromatic carbocycles. The molecule has 0 bridgehead atoms. The molecule has 22 heavy (non-hydrogen) atoms. The van der Waals surface area contributed by atoms with E-state index in [2.05, 4.69) is 9.89 Å². The highest BCUT2D eigenvalue weighted by Gasteiger charge is 2.28. The lowest BCUT2D eigenvalue weighted by molar-refractivity contribution is -0.0405. The van der Waals surface area contributed by atoms with Crippen molar-refractivity contribution >= 4 is 23.2 Å². The number of benzene rings is 1. The summed E-state index contributed by atoms with van der Waals surface area (Å²) in [5.74, 6) is -3.14. The maximum Gasteiger partial charge on any atom is 0.289 e. The maximum absolute atomic E-state index is 12.9. The zero-order valence-electron chi connectivity index (χ0n) is 12.1. The summed E-state index contributed by atoms with van der Waals surface area (Å²) in [4.78, 5) is 7.61. The number of hydrogen-bond donors (Lipinski definition) is 2. The lowest BCUT2D eigenvalue weighted by Gasteiger charge is -2.36. The van der Waals surface area contributed by atoms with Crippen LogP contribution in [0.5, 0.6) is 0 Å². The van der Waals surface area contributed by atoms with E-state index in [1.165, 1.54) is 0 Å². The third-order valence-electron chi connectivity index (χ3n) is 3.50. The van der Waals surface area contributed by atoms with Crippen LogP contribution in [0.1, 0.15) is 0 Å². The molecule has 5 nitrogen and oxygen atoms in total. The number of rotatable bonds is 4. The average Bonchev–Trinajstić information content (AvgIpc) is 2.54. The van der Waals surface area contributed by atoms with Gasteiger partial charge in [-0.3, -0.25) is 0 Å². The lowest BCUT2D eigenvalue weighted by atomic mass is 10.2. The van der Waals surface area contributed by atoms with E-state index >= 15 is 0 Å². The molecule has 0 unspecified atom stereocenters. The minimum atomic E-state index is -3.23. The van der Waals surface area contributed by atoms with Gasteiger partial charge in [0.05, 0.1) is 0 Å². The lowest BCUT2D eigenvalue weighted by Crippen LogP contribution is -2.51. The van der Waals surface area contributed by atoms with Crippen LogP contribution in [-0.2, 0) is 0 Å². The predicted octanol–water partition coefficient (Wildman–Crippen LogP) is 1.40. The summed E-state index contributed by atoms with van der Waals surface area (Å²) in [5, 5.41) is 9.19. The molecule has 0 aromatic heterocycles. The number of hydrogen-bond acceptors (Lipinski definition) is 3. The summed E-state index contributed by atoms with van der Waals surface area (Å²) < 4.78 is 25.9. The van der Waals surface area contributed by atoms with Gasteiger partial charge < -0.3 is 20.6 Å². The highest BCUT2D eigenvalue weighted by molar-refractivity contribution is 6.30. The molecule has 1 aliphatic rings. The van der Waals surface area contributed by atoms with Crippen LogP contribution in [0.15, 0.2) is 29.3 Å². The Morgan fingerprint density at radius 2 is 1.82 bits per heavy atom. The normalized spacial score (nSPS) is 17.0. The van der Waals surface area contributed by atoms with Crippen LogP contribution in [0, 0.1) is 0 Å². The third-order valence-corrected chi connectivity index (χ3v) is 3.75. The predicted molar refractivity (Wildman–Crippen MR) is 83.8 cm³/mol. The summed E-state index contributed by atoms with van der Waals surface area (Å²) in [6.45, 7) is 0.606. The van der Waals surface area contributed by atoms with Crippen molar-refractivity contribution in [3.63, 3.8) is 0 Å². The molecule has 122 valence electrons. The van der Waals surface area contributed by atoms with Crippen molar-refractivity contribution in [2.24, 2.45) is 10.7 Å². The first-order valence-electron chi connectivity index (χ1n) is 6.95. The van der Waals surface area contributed by atoms with E-state index in [1.54, 1.807) is 4.90 Å². The Bertz CT molecular complexity index is 516. The fourth-order valence-electron chi connectivity index (χ4n) is 2.19. The van der Waals surface area contributed by atoms with Crippen molar-refractivity contribution in [1.29, 1.82) is 0 Å². The quantitative estimate of drug-likeness (QED) is 0.646. The van der Waals surface area contributed by atoms with E-state index in [0.717, 1.165) is 5.69 Å². The van der Waals surface area contributed by atoms with Gasteiger partial charge in [-0.05, 0) is 24.3 Å². The molecule has 1 heterocycles. The second kappa shape index (κ2) is 7.11. The van der Waals surface area contributed by atoms with E-state index < -0.39 is 19.1 Å². The van der Waals surface area contributed by atoms with Crippen LogP contribution < -0.4 is 10.6 Å². The Morgan fingerprint density at radius 3 is 2.36 bits per heavy atom. The minimum Gasteiger partial charge on any atom is -0.390 e. The van der Waals surface area contributed by atoms with Gasteiger partial charge in [0.1, 0.15) is 13.2 Å². The number of halogens is 3. The zero-order valence-corrected chi connectivity index (χ0v) is 12.8. The molecule has 1 aromatic rings. The number of anilines is 1. The number of aliphatic imine (C=N–C) groups is 1. The topological polar surface area (TPSA) is 65.1 Å². The first-order chi connectivity index (χ1) is 10.4. The standard InChI is InChI=1S/C14H19ClF2N4O/c15-11-1-3-12(4-2-11)20-5-7-21(8-6-20)13(18)19-9-14(16,17)10-22/h1-4,22H,5-10H2,(H2,18,19). The van der Waals surface area contributed by atoms with Crippen molar-refractivity contribution in [3.05, 3.63) is 29.3 Å². The van der Waals surface area contributed by atoms with Gasteiger partial charge in [-0.2, -0.15) is 0 Å².